The van der Waals surface area contributed by atoms with Gasteiger partial charge >= 0.3 is 0 Å². The van der Waals surface area contributed by atoms with Crippen LogP contribution in [0.15, 0.2) is 24.3 Å². The lowest BCUT2D eigenvalue weighted by atomic mass is 9.72. The second-order valence-electron chi connectivity index (χ2n) is 7.08. The molecule has 7 nitrogen and oxygen atoms in total. The van der Waals surface area contributed by atoms with Crippen LogP contribution in [0.2, 0.25) is 0 Å². The Hall–Kier alpha value is -3.03. The fourth-order valence-corrected chi connectivity index (χ4v) is 4.08. The quantitative estimate of drug-likeness (QED) is 0.619. The minimum atomic E-state index is -1.80. The molecule has 0 radical (unpaired) electrons. The van der Waals surface area contributed by atoms with Crippen molar-refractivity contribution in [2.45, 2.75) is 31.5 Å². The van der Waals surface area contributed by atoms with Gasteiger partial charge in [-0.15, -0.1) is 0 Å². The maximum absolute atomic E-state index is 13.1. The van der Waals surface area contributed by atoms with Crippen molar-refractivity contribution in [1.29, 1.82) is 0 Å². The largest absolute Gasteiger partial charge is 0.507 e. The third kappa shape index (κ3) is 2.20. The molecule has 7 heteroatoms. The van der Waals surface area contributed by atoms with Crippen molar-refractivity contribution in [3.63, 3.8) is 0 Å². The molecule has 0 saturated carbocycles. The lowest BCUT2D eigenvalue weighted by Crippen LogP contribution is -2.44. The van der Waals surface area contributed by atoms with Gasteiger partial charge in [-0.2, -0.15) is 0 Å². The van der Waals surface area contributed by atoms with Crippen molar-refractivity contribution in [3.8, 4) is 11.5 Å². The number of hydrogen-bond donors (Lipinski definition) is 3. The van der Waals surface area contributed by atoms with E-state index in [0.717, 1.165) is 0 Å². The number of ketones is 3. The van der Waals surface area contributed by atoms with Crippen molar-refractivity contribution < 1.29 is 34.4 Å². The topological polar surface area (TPSA) is 121 Å². The van der Waals surface area contributed by atoms with E-state index in [1.54, 1.807) is 13.0 Å². The molecule has 0 fully saturated rings. The summed E-state index contributed by atoms with van der Waals surface area (Å²) >= 11 is 0. The number of carbonyl (C=O) groups excluding carboxylic acids is 3. The zero-order valence-corrected chi connectivity index (χ0v) is 15.3. The van der Waals surface area contributed by atoms with Crippen molar-refractivity contribution in [2.75, 3.05) is 7.11 Å². The first-order valence-electron chi connectivity index (χ1n) is 8.86. The smallest absolute Gasteiger partial charge is 0.201 e. The summed E-state index contributed by atoms with van der Waals surface area (Å²) in [7, 11) is 1.36. The Morgan fingerprint density at radius 1 is 1.11 bits per heavy atom. The Balaban J connectivity index is 2.02. The molecule has 2 atom stereocenters. The highest BCUT2D eigenvalue weighted by Gasteiger charge is 2.47. The predicted molar refractivity (Wildman–Crippen MR) is 97.1 cm³/mol. The zero-order chi connectivity index (χ0) is 20.4. The molecule has 0 aromatic heterocycles. The van der Waals surface area contributed by atoms with Gasteiger partial charge in [0.05, 0.1) is 24.3 Å². The number of aliphatic hydroxyl groups is 2. The molecule has 2 aromatic carbocycles. The normalized spacial score (nSPS) is 23.1. The number of phenolic OH excluding ortho intramolecular Hbond substituents is 1. The van der Waals surface area contributed by atoms with Crippen LogP contribution in [0, 0.1) is 0 Å². The van der Waals surface area contributed by atoms with E-state index in [1.807, 2.05) is 0 Å². The molecule has 0 spiro atoms. The fourth-order valence-electron chi connectivity index (χ4n) is 4.08. The Morgan fingerprint density at radius 3 is 2.46 bits per heavy atom. The van der Waals surface area contributed by atoms with Crippen LogP contribution in [-0.4, -0.2) is 45.4 Å². The molecule has 0 heterocycles. The summed E-state index contributed by atoms with van der Waals surface area (Å²) in [6, 6.07) is 5.76. The summed E-state index contributed by atoms with van der Waals surface area (Å²) in [5, 5.41) is 31.8. The molecule has 0 aliphatic heterocycles. The summed E-state index contributed by atoms with van der Waals surface area (Å²) < 4.78 is 5.19. The summed E-state index contributed by atoms with van der Waals surface area (Å²) in [4.78, 5) is 38.9. The number of hydrogen-bond acceptors (Lipinski definition) is 7. The van der Waals surface area contributed by atoms with E-state index in [9.17, 15) is 29.7 Å². The number of fused-ring (bicyclic) bond motifs is 3. The maximum atomic E-state index is 13.1. The van der Waals surface area contributed by atoms with Crippen molar-refractivity contribution in [3.05, 3.63) is 57.6 Å². The SMILES string of the molecule is CCC1(O)CC(O)c2c(cc3c(c2O)C(=O)c2c(OC)cccc2C3=O)C1=O. The van der Waals surface area contributed by atoms with E-state index in [4.69, 9.17) is 4.74 Å². The molecule has 2 aliphatic carbocycles. The van der Waals surface area contributed by atoms with Crippen LogP contribution in [0.3, 0.4) is 0 Å². The molecule has 2 aliphatic rings. The fraction of sp³-hybridized carbons (Fsp3) is 0.286. The third-order valence-corrected chi connectivity index (χ3v) is 5.65. The van der Waals surface area contributed by atoms with E-state index in [2.05, 4.69) is 0 Å². The minimum Gasteiger partial charge on any atom is -0.507 e. The number of methoxy groups -OCH3 is 1. The van der Waals surface area contributed by atoms with Crippen LogP contribution in [0.25, 0.3) is 0 Å². The van der Waals surface area contributed by atoms with Crippen LogP contribution >= 0.6 is 0 Å². The average molecular weight is 382 g/mol. The molecule has 144 valence electrons. The van der Waals surface area contributed by atoms with Gasteiger partial charge in [0.15, 0.2) is 11.6 Å². The number of Topliss-reactive ketones (excluding diaryl/α,β-unsaturated/α-hetero) is 1. The van der Waals surface area contributed by atoms with Gasteiger partial charge in [0.1, 0.15) is 17.1 Å². The summed E-state index contributed by atoms with van der Waals surface area (Å²) in [5.41, 5.74) is -2.36. The number of carbonyl (C=O) groups is 3. The summed E-state index contributed by atoms with van der Waals surface area (Å²) in [6.07, 6.45) is -1.60. The number of aromatic hydroxyl groups is 1. The number of rotatable bonds is 2. The highest BCUT2D eigenvalue weighted by molar-refractivity contribution is 6.31. The molecule has 3 N–H and O–H groups in total. The van der Waals surface area contributed by atoms with Crippen LogP contribution in [0.1, 0.15) is 73.6 Å². The van der Waals surface area contributed by atoms with Gasteiger partial charge in [0.2, 0.25) is 5.78 Å². The van der Waals surface area contributed by atoms with Gasteiger partial charge in [-0.3, -0.25) is 14.4 Å². The molecular formula is C21H18O7. The van der Waals surface area contributed by atoms with Gasteiger partial charge < -0.3 is 20.1 Å². The zero-order valence-electron chi connectivity index (χ0n) is 15.3. The van der Waals surface area contributed by atoms with E-state index < -0.39 is 34.8 Å². The van der Waals surface area contributed by atoms with E-state index in [0.29, 0.717) is 0 Å². The summed E-state index contributed by atoms with van der Waals surface area (Å²) in [5.74, 6) is -2.28. The number of benzene rings is 2. The molecule has 2 aromatic rings. The summed E-state index contributed by atoms with van der Waals surface area (Å²) in [6.45, 7) is 1.60. The third-order valence-electron chi connectivity index (χ3n) is 5.65. The first kappa shape index (κ1) is 18.3. The Morgan fingerprint density at radius 2 is 1.82 bits per heavy atom. The van der Waals surface area contributed by atoms with Crippen LogP contribution in [0.4, 0.5) is 0 Å². The Labute approximate surface area is 160 Å². The predicted octanol–water partition coefficient (Wildman–Crippen LogP) is 1.94. The maximum Gasteiger partial charge on any atom is 0.201 e. The number of aliphatic hydroxyl groups excluding tert-OH is 1. The van der Waals surface area contributed by atoms with Gasteiger partial charge in [-0.05, 0) is 18.6 Å². The van der Waals surface area contributed by atoms with E-state index >= 15 is 0 Å². The highest BCUT2D eigenvalue weighted by Crippen LogP contribution is 2.46. The van der Waals surface area contributed by atoms with Crippen LogP contribution in [-0.2, 0) is 0 Å². The van der Waals surface area contributed by atoms with Gasteiger partial charge in [0, 0.05) is 28.7 Å². The lowest BCUT2D eigenvalue weighted by molar-refractivity contribution is -0.00987. The Bertz CT molecular complexity index is 1070. The molecule has 0 saturated heterocycles. The highest BCUT2D eigenvalue weighted by atomic mass is 16.5. The monoisotopic (exact) mass is 382 g/mol. The van der Waals surface area contributed by atoms with Crippen molar-refractivity contribution >= 4 is 17.3 Å². The van der Waals surface area contributed by atoms with E-state index in [1.165, 1.54) is 25.3 Å². The van der Waals surface area contributed by atoms with Gasteiger partial charge in [-0.25, -0.2) is 0 Å². The molecule has 2 unspecified atom stereocenters. The second kappa shape index (κ2) is 5.98. The molecular weight excluding hydrogens is 364 g/mol. The molecule has 0 amide bonds. The van der Waals surface area contributed by atoms with Crippen LogP contribution < -0.4 is 4.74 Å². The standard InChI is InChI=1S/C21H18O7/c1-3-21(27)8-12(22)14-11(20(21)26)7-10-16(18(14)24)19(25)15-9(17(10)23)5-4-6-13(15)28-2/h4-7,12,22,24,27H,3,8H2,1-2H3. The average Bonchev–Trinajstić information content (AvgIpc) is 2.68. The van der Waals surface area contributed by atoms with Crippen LogP contribution in [0.5, 0.6) is 11.5 Å². The molecule has 4 rings (SSSR count). The number of phenols is 1. The Kier molecular flexibility index (Phi) is 3.92. The second-order valence-corrected chi connectivity index (χ2v) is 7.08. The number of ether oxygens (including phenoxy) is 1. The first-order chi connectivity index (χ1) is 13.2. The van der Waals surface area contributed by atoms with E-state index in [-0.39, 0.29) is 52.0 Å². The van der Waals surface area contributed by atoms with Gasteiger partial charge in [-0.1, -0.05) is 19.1 Å². The first-order valence-corrected chi connectivity index (χ1v) is 8.86. The van der Waals surface area contributed by atoms with Gasteiger partial charge in [0.25, 0.3) is 0 Å². The molecule has 0 bridgehead atoms. The van der Waals surface area contributed by atoms with Crippen molar-refractivity contribution in [2.24, 2.45) is 0 Å². The van der Waals surface area contributed by atoms with Crippen molar-refractivity contribution in [1.82, 2.24) is 0 Å². The lowest BCUT2D eigenvalue weighted by Gasteiger charge is -2.35. The minimum absolute atomic E-state index is 0.0273. The molecule has 28 heavy (non-hydrogen) atoms.